The van der Waals surface area contributed by atoms with Gasteiger partial charge in [-0.05, 0) is 30.7 Å². The Kier molecular flexibility index (Phi) is 3.89. The van der Waals surface area contributed by atoms with Gasteiger partial charge in [-0.15, -0.1) is 0 Å². The van der Waals surface area contributed by atoms with Gasteiger partial charge in [0.15, 0.2) is 0 Å². The van der Waals surface area contributed by atoms with Crippen molar-refractivity contribution in [2.45, 2.75) is 6.92 Å². The molecule has 1 N–H and O–H groups in total. The van der Waals surface area contributed by atoms with E-state index in [0.29, 0.717) is 27.6 Å². The van der Waals surface area contributed by atoms with Crippen LogP contribution >= 0.6 is 23.2 Å². The molecule has 1 aromatic heterocycles. The minimum atomic E-state index is 0.303. The summed E-state index contributed by atoms with van der Waals surface area (Å²) in [6, 6.07) is 5.34. The molecule has 6 heteroatoms. The van der Waals surface area contributed by atoms with Gasteiger partial charge in [0, 0.05) is 12.1 Å². The molecule has 0 spiro atoms. The number of halogens is 2. The molecular weight excluding hydrogens is 273 g/mol. The molecule has 1 aromatic carbocycles. The van der Waals surface area contributed by atoms with E-state index in [1.165, 1.54) is 6.20 Å². The molecular formula is C12H11Cl2N3O. The molecule has 2 aromatic rings. The Morgan fingerprint density at radius 1 is 1.22 bits per heavy atom. The van der Waals surface area contributed by atoms with Crippen molar-refractivity contribution >= 4 is 29.2 Å². The standard InChI is InChI=1S/C12H11Cl2N3O/c1-7-5-8(3-4-9(7)13)18-11-10(14)6-16-12(15-2)17-11/h3-6H,1-2H3,(H,15,16,17). The fraction of sp³-hybridized carbons (Fsp3) is 0.167. The van der Waals surface area contributed by atoms with Crippen LogP contribution in [0.3, 0.4) is 0 Å². The molecule has 0 fully saturated rings. The number of nitrogens with one attached hydrogen (secondary N) is 1. The first-order valence-electron chi connectivity index (χ1n) is 5.24. The maximum atomic E-state index is 5.97. The summed E-state index contributed by atoms with van der Waals surface area (Å²) in [5.74, 6) is 1.37. The molecule has 2 rings (SSSR count). The zero-order valence-corrected chi connectivity index (χ0v) is 11.4. The fourth-order valence-electron chi connectivity index (χ4n) is 1.34. The maximum absolute atomic E-state index is 5.97. The van der Waals surface area contributed by atoms with E-state index in [-0.39, 0.29) is 0 Å². The lowest BCUT2D eigenvalue weighted by molar-refractivity contribution is 0.462. The lowest BCUT2D eigenvalue weighted by Crippen LogP contribution is -1.98. The summed E-state index contributed by atoms with van der Waals surface area (Å²) in [5.41, 5.74) is 0.924. The molecule has 0 aliphatic heterocycles. The van der Waals surface area contributed by atoms with Gasteiger partial charge < -0.3 is 10.1 Å². The van der Waals surface area contributed by atoms with Crippen molar-refractivity contribution in [3.63, 3.8) is 0 Å². The van der Waals surface area contributed by atoms with E-state index >= 15 is 0 Å². The Balaban J connectivity index is 2.30. The van der Waals surface area contributed by atoms with Crippen LogP contribution in [0.15, 0.2) is 24.4 Å². The van der Waals surface area contributed by atoms with E-state index in [1.807, 2.05) is 13.0 Å². The van der Waals surface area contributed by atoms with Gasteiger partial charge in [-0.3, -0.25) is 0 Å². The van der Waals surface area contributed by atoms with Crippen LogP contribution in [0.2, 0.25) is 10.0 Å². The van der Waals surface area contributed by atoms with Crippen LogP contribution in [-0.4, -0.2) is 17.0 Å². The molecule has 18 heavy (non-hydrogen) atoms. The lowest BCUT2D eigenvalue weighted by atomic mass is 10.2. The van der Waals surface area contributed by atoms with Gasteiger partial charge >= 0.3 is 0 Å². The zero-order chi connectivity index (χ0) is 13.1. The molecule has 4 nitrogen and oxygen atoms in total. The van der Waals surface area contributed by atoms with Crippen LogP contribution in [0.5, 0.6) is 11.6 Å². The Hall–Kier alpha value is -1.52. The number of anilines is 1. The number of ether oxygens (including phenoxy) is 1. The zero-order valence-electron chi connectivity index (χ0n) is 9.87. The maximum Gasteiger partial charge on any atom is 0.243 e. The van der Waals surface area contributed by atoms with Gasteiger partial charge in [-0.1, -0.05) is 23.2 Å². The number of hydrogen-bond acceptors (Lipinski definition) is 4. The van der Waals surface area contributed by atoms with E-state index in [9.17, 15) is 0 Å². The first kappa shape index (κ1) is 12.9. The third-order valence-electron chi connectivity index (χ3n) is 2.28. The van der Waals surface area contributed by atoms with Crippen molar-refractivity contribution < 1.29 is 4.74 Å². The summed E-state index contributed by atoms with van der Waals surface area (Å²) in [5, 5.41) is 3.85. The quantitative estimate of drug-likeness (QED) is 0.927. The molecule has 0 bridgehead atoms. The van der Waals surface area contributed by atoms with Crippen LogP contribution in [0, 0.1) is 6.92 Å². The summed E-state index contributed by atoms with van der Waals surface area (Å²) in [6.07, 6.45) is 1.48. The molecule has 0 saturated heterocycles. The average molecular weight is 284 g/mol. The molecule has 0 amide bonds. The van der Waals surface area contributed by atoms with E-state index < -0.39 is 0 Å². The smallest absolute Gasteiger partial charge is 0.243 e. The highest BCUT2D eigenvalue weighted by molar-refractivity contribution is 6.32. The summed E-state index contributed by atoms with van der Waals surface area (Å²) < 4.78 is 5.61. The highest BCUT2D eigenvalue weighted by atomic mass is 35.5. The van der Waals surface area contributed by atoms with Crippen LogP contribution in [0.25, 0.3) is 0 Å². The second-order valence-electron chi connectivity index (χ2n) is 3.61. The third-order valence-corrected chi connectivity index (χ3v) is 2.96. The average Bonchev–Trinajstić information content (AvgIpc) is 2.36. The third kappa shape index (κ3) is 2.83. The highest BCUT2D eigenvalue weighted by Gasteiger charge is 2.08. The second kappa shape index (κ2) is 5.42. The fourth-order valence-corrected chi connectivity index (χ4v) is 1.58. The van der Waals surface area contributed by atoms with Gasteiger partial charge in [0.1, 0.15) is 10.8 Å². The molecule has 0 aliphatic rings. The SMILES string of the molecule is CNc1ncc(Cl)c(Oc2ccc(Cl)c(C)c2)n1. The molecule has 1 heterocycles. The van der Waals surface area contributed by atoms with Gasteiger partial charge in [0.2, 0.25) is 11.8 Å². The van der Waals surface area contributed by atoms with E-state index in [2.05, 4.69) is 15.3 Å². The van der Waals surface area contributed by atoms with Crippen molar-refractivity contribution in [1.82, 2.24) is 9.97 Å². The summed E-state index contributed by atoms with van der Waals surface area (Å²) in [7, 11) is 1.72. The molecule has 94 valence electrons. The van der Waals surface area contributed by atoms with Gasteiger partial charge in [-0.25, -0.2) is 4.98 Å². The van der Waals surface area contributed by atoms with Crippen molar-refractivity contribution in [1.29, 1.82) is 0 Å². The first-order valence-corrected chi connectivity index (χ1v) is 6.00. The Labute approximate surface area is 115 Å². The van der Waals surface area contributed by atoms with Crippen molar-refractivity contribution in [3.8, 4) is 11.6 Å². The number of benzene rings is 1. The van der Waals surface area contributed by atoms with E-state index in [1.54, 1.807) is 19.2 Å². The van der Waals surface area contributed by atoms with Gasteiger partial charge in [0.25, 0.3) is 0 Å². The lowest BCUT2D eigenvalue weighted by Gasteiger charge is -2.08. The predicted molar refractivity (Wildman–Crippen MR) is 72.9 cm³/mol. The number of aryl methyl sites for hydroxylation is 1. The van der Waals surface area contributed by atoms with E-state index in [4.69, 9.17) is 27.9 Å². The van der Waals surface area contributed by atoms with Crippen LogP contribution in [0.1, 0.15) is 5.56 Å². The molecule has 0 atom stereocenters. The van der Waals surface area contributed by atoms with Gasteiger partial charge in [0.05, 0.1) is 6.20 Å². The summed E-state index contributed by atoms with van der Waals surface area (Å²) >= 11 is 11.9. The van der Waals surface area contributed by atoms with Crippen LogP contribution in [0.4, 0.5) is 5.95 Å². The van der Waals surface area contributed by atoms with Crippen molar-refractivity contribution in [2.75, 3.05) is 12.4 Å². The monoisotopic (exact) mass is 283 g/mol. The second-order valence-corrected chi connectivity index (χ2v) is 4.42. The largest absolute Gasteiger partial charge is 0.437 e. The topological polar surface area (TPSA) is 47.0 Å². The number of hydrogen-bond donors (Lipinski definition) is 1. The number of rotatable bonds is 3. The van der Waals surface area contributed by atoms with Crippen molar-refractivity contribution in [3.05, 3.63) is 40.0 Å². The molecule has 0 saturated carbocycles. The van der Waals surface area contributed by atoms with Crippen LogP contribution in [-0.2, 0) is 0 Å². The van der Waals surface area contributed by atoms with E-state index in [0.717, 1.165) is 5.56 Å². The minimum Gasteiger partial charge on any atom is -0.437 e. The Morgan fingerprint density at radius 2 is 2.00 bits per heavy atom. The molecule has 0 radical (unpaired) electrons. The Bertz CT molecular complexity index is 575. The predicted octanol–water partition coefficient (Wildman–Crippen LogP) is 3.93. The molecule has 0 unspecified atom stereocenters. The summed E-state index contributed by atoms with van der Waals surface area (Å²) in [4.78, 5) is 8.10. The van der Waals surface area contributed by atoms with Gasteiger partial charge in [-0.2, -0.15) is 4.98 Å². The Morgan fingerprint density at radius 3 is 2.67 bits per heavy atom. The number of nitrogens with zero attached hydrogens (tertiary/aromatic N) is 2. The van der Waals surface area contributed by atoms with Crippen molar-refractivity contribution in [2.24, 2.45) is 0 Å². The van der Waals surface area contributed by atoms with Crippen LogP contribution < -0.4 is 10.1 Å². The molecule has 0 aliphatic carbocycles. The minimum absolute atomic E-state index is 0.303. The summed E-state index contributed by atoms with van der Waals surface area (Å²) in [6.45, 7) is 1.90. The first-order chi connectivity index (χ1) is 8.60. The number of aromatic nitrogens is 2. The highest BCUT2D eigenvalue weighted by Crippen LogP contribution is 2.29. The normalized spacial score (nSPS) is 10.2.